The zero-order valence-electron chi connectivity index (χ0n) is 11.8. The number of benzene rings is 2. The molecule has 0 unspecified atom stereocenters. The molecule has 0 fully saturated rings. The summed E-state index contributed by atoms with van der Waals surface area (Å²) < 4.78 is 5.00. The molecule has 110 valence electrons. The molecule has 2 aromatic rings. The molecule has 0 aliphatic heterocycles. The van der Waals surface area contributed by atoms with Gasteiger partial charge in [-0.1, -0.05) is 24.3 Å². The molecule has 0 spiro atoms. The van der Waals surface area contributed by atoms with Gasteiger partial charge in [-0.15, -0.1) is 0 Å². The lowest BCUT2D eigenvalue weighted by Gasteiger charge is -2.12. The monoisotopic (exact) mass is 286 g/mol. The minimum absolute atomic E-state index is 0.0993. The Kier molecular flexibility index (Phi) is 4.66. The third-order valence-corrected chi connectivity index (χ3v) is 3.11. The van der Waals surface area contributed by atoms with E-state index >= 15 is 0 Å². The number of methoxy groups -OCH3 is 1. The molecule has 0 bridgehead atoms. The fourth-order valence-corrected chi connectivity index (χ4v) is 2.08. The molecule has 5 heteroatoms. The first-order valence-electron chi connectivity index (χ1n) is 6.56. The van der Waals surface area contributed by atoms with Crippen molar-refractivity contribution in [3.63, 3.8) is 0 Å². The normalized spacial score (nSPS) is 10.1. The number of hydrogen-bond acceptors (Lipinski definition) is 4. The number of para-hydroxylation sites is 1. The van der Waals surface area contributed by atoms with Crippen LogP contribution in [0, 0.1) is 0 Å². The van der Waals surface area contributed by atoms with Crippen molar-refractivity contribution in [3.05, 3.63) is 53.6 Å². The molecule has 0 radical (unpaired) electrons. The lowest BCUT2D eigenvalue weighted by molar-refractivity contribution is -0.117. The van der Waals surface area contributed by atoms with Crippen molar-refractivity contribution >= 4 is 11.6 Å². The fourth-order valence-electron chi connectivity index (χ4n) is 2.08. The first kappa shape index (κ1) is 14.7. The highest BCUT2D eigenvalue weighted by Gasteiger charge is 2.06. The van der Waals surface area contributed by atoms with Crippen molar-refractivity contribution in [1.82, 2.24) is 0 Å². The number of phenols is 1. The molecule has 0 heterocycles. The van der Waals surface area contributed by atoms with E-state index in [1.807, 2.05) is 30.3 Å². The number of rotatable bonds is 6. The maximum Gasteiger partial charge on any atom is 0.221 e. The molecule has 0 aliphatic rings. The van der Waals surface area contributed by atoms with Crippen LogP contribution >= 0.6 is 0 Å². The Balaban J connectivity index is 2.09. The van der Waals surface area contributed by atoms with Crippen LogP contribution in [0.2, 0.25) is 0 Å². The number of anilines is 1. The van der Waals surface area contributed by atoms with Crippen LogP contribution in [0.4, 0.5) is 5.69 Å². The molecule has 2 aromatic carbocycles. The molecule has 0 aliphatic carbocycles. The van der Waals surface area contributed by atoms with Crippen molar-refractivity contribution < 1.29 is 14.6 Å². The molecular formula is C16H18N2O3. The second-order valence-corrected chi connectivity index (χ2v) is 4.66. The number of aromatic hydroxyl groups is 1. The van der Waals surface area contributed by atoms with Crippen molar-refractivity contribution in [2.75, 3.05) is 12.4 Å². The Bertz CT molecular complexity index is 641. The second-order valence-electron chi connectivity index (χ2n) is 4.66. The number of hydrogen-bond donors (Lipinski definition) is 3. The smallest absolute Gasteiger partial charge is 0.221 e. The standard InChI is InChI=1S/C16H18N2O3/c1-21-15-7-6-11(8-14(15)19)10-18-13-5-3-2-4-12(13)9-16(17)20/h2-8,18-19H,9-10H2,1H3,(H2,17,20). The van der Waals surface area contributed by atoms with E-state index in [-0.39, 0.29) is 18.1 Å². The predicted molar refractivity (Wildman–Crippen MR) is 81.3 cm³/mol. The van der Waals surface area contributed by atoms with Crippen molar-refractivity contribution in [2.24, 2.45) is 5.73 Å². The van der Waals surface area contributed by atoms with Crippen LogP contribution in [0.1, 0.15) is 11.1 Å². The first-order chi connectivity index (χ1) is 10.1. The number of primary amides is 1. The molecule has 4 N–H and O–H groups in total. The van der Waals surface area contributed by atoms with Crippen LogP contribution in [0.25, 0.3) is 0 Å². The van der Waals surface area contributed by atoms with Gasteiger partial charge in [0.25, 0.3) is 0 Å². The lowest BCUT2D eigenvalue weighted by atomic mass is 10.1. The molecule has 21 heavy (non-hydrogen) atoms. The summed E-state index contributed by atoms with van der Waals surface area (Å²) in [7, 11) is 1.51. The summed E-state index contributed by atoms with van der Waals surface area (Å²) in [6.45, 7) is 0.521. The molecule has 2 rings (SSSR count). The molecule has 0 aromatic heterocycles. The van der Waals surface area contributed by atoms with E-state index in [0.717, 1.165) is 16.8 Å². The Morgan fingerprint density at radius 2 is 2.05 bits per heavy atom. The Morgan fingerprint density at radius 3 is 2.71 bits per heavy atom. The number of nitrogens with two attached hydrogens (primary N) is 1. The molecule has 1 amide bonds. The third kappa shape index (κ3) is 3.89. The van der Waals surface area contributed by atoms with Gasteiger partial charge in [-0.2, -0.15) is 0 Å². The molecular weight excluding hydrogens is 268 g/mol. The van der Waals surface area contributed by atoms with E-state index in [0.29, 0.717) is 12.3 Å². The highest BCUT2D eigenvalue weighted by Crippen LogP contribution is 2.26. The van der Waals surface area contributed by atoms with Crippen LogP contribution in [-0.4, -0.2) is 18.1 Å². The van der Waals surface area contributed by atoms with Gasteiger partial charge in [-0.05, 0) is 29.3 Å². The van der Waals surface area contributed by atoms with Gasteiger partial charge in [0.1, 0.15) is 0 Å². The summed E-state index contributed by atoms with van der Waals surface area (Å²) in [6.07, 6.45) is 0.192. The van der Waals surface area contributed by atoms with Crippen molar-refractivity contribution in [2.45, 2.75) is 13.0 Å². The van der Waals surface area contributed by atoms with E-state index in [2.05, 4.69) is 5.32 Å². The number of phenolic OH excluding ortho intramolecular Hbond substituents is 1. The van der Waals surface area contributed by atoms with E-state index < -0.39 is 0 Å². The van der Waals surface area contributed by atoms with Crippen LogP contribution in [0.5, 0.6) is 11.5 Å². The Labute approximate surface area is 123 Å². The number of carbonyl (C=O) groups is 1. The Hall–Kier alpha value is -2.69. The van der Waals surface area contributed by atoms with Crippen LogP contribution in [0.3, 0.4) is 0 Å². The highest BCUT2D eigenvalue weighted by atomic mass is 16.5. The lowest BCUT2D eigenvalue weighted by Crippen LogP contribution is -2.15. The topological polar surface area (TPSA) is 84.6 Å². The summed E-state index contributed by atoms with van der Waals surface area (Å²) in [5, 5.41) is 13.0. The van der Waals surface area contributed by atoms with Gasteiger partial charge in [0.2, 0.25) is 5.91 Å². The van der Waals surface area contributed by atoms with Gasteiger partial charge in [-0.3, -0.25) is 4.79 Å². The first-order valence-corrected chi connectivity index (χ1v) is 6.56. The maximum absolute atomic E-state index is 11.1. The summed E-state index contributed by atoms with van der Waals surface area (Å²) in [5.74, 6) is 0.168. The Morgan fingerprint density at radius 1 is 1.29 bits per heavy atom. The number of nitrogens with one attached hydrogen (secondary N) is 1. The minimum atomic E-state index is -0.369. The van der Waals surface area contributed by atoms with Gasteiger partial charge >= 0.3 is 0 Å². The highest BCUT2D eigenvalue weighted by molar-refractivity contribution is 5.78. The molecule has 0 saturated heterocycles. The largest absolute Gasteiger partial charge is 0.504 e. The number of carbonyl (C=O) groups excluding carboxylic acids is 1. The summed E-state index contributed by atoms with van der Waals surface area (Å²) in [6, 6.07) is 12.7. The van der Waals surface area contributed by atoms with E-state index in [1.165, 1.54) is 7.11 Å². The predicted octanol–water partition coefficient (Wildman–Crippen LogP) is 2.04. The number of amides is 1. The van der Waals surface area contributed by atoms with Crippen LogP contribution < -0.4 is 15.8 Å². The summed E-state index contributed by atoms with van der Waals surface area (Å²) in [4.78, 5) is 11.1. The average Bonchev–Trinajstić information content (AvgIpc) is 2.46. The quantitative estimate of drug-likeness (QED) is 0.758. The van der Waals surface area contributed by atoms with Gasteiger partial charge in [0.15, 0.2) is 11.5 Å². The summed E-state index contributed by atoms with van der Waals surface area (Å²) >= 11 is 0. The molecule has 5 nitrogen and oxygen atoms in total. The van der Waals surface area contributed by atoms with Crippen LogP contribution in [0.15, 0.2) is 42.5 Å². The zero-order chi connectivity index (χ0) is 15.2. The molecule has 0 atom stereocenters. The maximum atomic E-state index is 11.1. The van der Waals surface area contributed by atoms with E-state index in [9.17, 15) is 9.90 Å². The van der Waals surface area contributed by atoms with Gasteiger partial charge in [-0.25, -0.2) is 0 Å². The van der Waals surface area contributed by atoms with Gasteiger partial charge in [0, 0.05) is 12.2 Å². The van der Waals surface area contributed by atoms with Crippen molar-refractivity contribution in [1.29, 1.82) is 0 Å². The van der Waals surface area contributed by atoms with E-state index in [4.69, 9.17) is 10.5 Å². The second kappa shape index (κ2) is 6.65. The average molecular weight is 286 g/mol. The fraction of sp³-hybridized carbons (Fsp3) is 0.188. The van der Waals surface area contributed by atoms with E-state index in [1.54, 1.807) is 12.1 Å². The molecule has 0 saturated carbocycles. The SMILES string of the molecule is COc1ccc(CNc2ccccc2CC(N)=O)cc1O. The van der Waals surface area contributed by atoms with Crippen molar-refractivity contribution in [3.8, 4) is 11.5 Å². The third-order valence-electron chi connectivity index (χ3n) is 3.11. The summed E-state index contributed by atoms with van der Waals surface area (Å²) in [5.41, 5.74) is 7.85. The van der Waals surface area contributed by atoms with Gasteiger partial charge < -0.3 is 20.9 Å². The minimum Gasteiger partial charge on any atom is -0.504 e. The zero-order valence-corrected chi connectivity index (χ0v) is 11.8. The number of ether oxygens (including phenoxy) is 1. The van der Waals surface area contributed by atoms with Crippen LogP contribution in [-0.2, 0) is 17.8 Å². The van der Waals surface area contributed by atoms with Gasteiger partial charge in [0.05, 0.1) is 13.5 Å².